The molecule has 1 heterocycles. The Labute approximate surface area is 118 Å². The normalized spacial score (nSPS) is 17.1. The Kier molecular flexibility index (Phi) is 4.14. The van der Waals surface area contributed by atoms with Crippen molar-refractivity contribution in [2.45, 2.75) is 39.2 Å². The number of rotatable bonds is 4. The molecule has 4 nitrogen and oxygen atoms in total. The highest BCUT2D eigenvalue weighted by molar-refractivity contribution is 7.80. The Morgan fingerprint density at radius 2 is 2.16 bits per heavy atom. The van der Waals surface area contributed by atoms with E-state index in [1.165, 1.54) is 0 Å². The number of aromatic nitrogens is 1. The molecule has 0 unspecified atom stereocenters. The Hall–Kier alpha value is -1.49. The standard InChI is InChI=1S/C14H19N3OS/c1-10-5-4-6-11(17-10)9-16-13(18)14(12(15)19)7-2-3-8-14/h4-6H,2-3,7-9H2,1H3,(H2,15,19)(H,16,18). The average Bonchev–Trinajstić information content (AvgIpc) is 2.86. The highest BCUT2D eigenvalue weighted by atomic mass is 32.1. The van der Waals surface area contributed by atoms with Crippen LogP contribution in [-0.4, -0.2) is 15.9 Å². The Morgan fingerprint density at radius 1 is 1.47 bits per heavy atom. The van der Waals surface area contributed by atoms with Gasteiger partial charge in [0.25, 0.3) is 0 Å². The minimum absolute atomic E-state index is 0.0548. The molecule has 3 N–H and O–H groups in total. The minimum atomic E-state index is -0.640. The summed E-state index contributed by atoms with van der Waals surface area (Å²) in [5.74, 6) is -0.0548. The zero-order chi connectivity index (χ0) is 13.9. The summed E-state index contributed by atoms with van der Waals surface area (Å²) < 4.78 is 0. The number of nitrogens with one attached hydrogen (secondary N) is 1. The second-order valence-electron chi connectivity index (χ2n) is 5.11. The summed E-state index contributed by atoms with van der Waals surface area (Å²) in [4.78, 5) is 17.0. The number of carbonyl (C=O) groups is 1. The fraction of sp³-hybridized carbons (Fsp3) is 0.500. The Morgan fingerprint density at radius 3 is 2.74 bits per heavy atom. The molecule has 1 aromatic rings. The third kappa shape index (κ3) is 2.92. The van der Waals surface area contributed by atoms with Crippen LogP contribution in [-0.2, 0) is 11.3 Å². The molecule has 0 aromatic carbocycles. The van der Waals surface area contributed by atoms with E-state index in [1.54, 1.807) is 0 Å². The second kappa shape index (κ2) is 5.65. The quantitative estimate of drug-likeness (QED) is 0.824. The lowest BCUT2D eigenvalue weighted by Gasteiger charge is -2.26. The zero-order valence-electron chi connectivity index (χ0n) is 11.1. The molecular weight excluding hydrogens is 258 g/mol. The van der Waals surface area contributed by atoms with Crippen molar-refractivity contribution in [3.8, 4) is 0 Å². The van der Waals surface area contributed by atoms with E-state index in [9.17, 15) is 4.79 Å². The molecule has 1 aliphatic carbocycles. The summed E-state index contributed by atoms with van der Waals surface area (Å²) in [6.45, 7) is 2.35. The van der Waals surface area contributed by atoms with Crippen molar-refractivity contribution in [3.05, 3.63) is 29.6 Å². The van der Waals surface area contributed by atoms with E-state index in [0.717, 1.165) is 37.1 Å². The fourth-order valence-electron chi connectivity index (χ4n) is 2.60. The monoisotopic (exact) mass is 277 g/mol. The molecule has 5 heteroatoms. The molecule has 1 aromatic heterocycles. The van der Waals surface area contributed by atoms with Gasteiger partial charge in [0.05, 0.1) is 22.6 Å². The third-order valence-electron chi connectivity index (χ3n) is 3.74. The first-order valence-corrected chi connectivity index (χ1v) is 6.96. The van der Waals surface area contributed by atoms with E-state index in [-0.39, 0.29) is 5.91 Å². The molecule has 1 saturated carbocycles. The van der Waals surface area contributed by atoms with Gasteiger partial charge in [0.1, 0.15) is 0 Å². The van der Waals surface area contributed by atoms with Crippen molar-refractivity contribution in [3.63, 3.8) is 0 Å². The SMILES string of the molecule is Cc1cccc(CNC(=O)C2(C(N)=S)CCCC2)n1. The topological polar surface area (TPSA) is 68.0 Å². The van der Waals surface area contributed by atoms with E-state index in [0.29, 0.717) is 11.5 Å². The second-order valence-corrected chi connectivity index (χ2v) is 5.55. The number of hydrogen-bond acceptors (Lipinski definition) is 3. The largest absolute Gasteiger partial charge is 0.392 e. The first-order valence-electron chi connectivity index (χ1n) is 6.55. The Bertz CT molecular complexity index is 495. The van der Waals surface area contributed by atoms with Crippen LogP contribution in [0.3, 0.4) is 0 Å². The summed E-state index contributed by atoms with van der Waals surface area (Å²) in [6, 6.07) is 5.76. The van der Waals surface area contributed by atoms with E-state index < -0.39 is 5.41 Å². The molecule has 1 aliphatic rings. The molecular formula is C14H19N3OS. The molecule has 1 fully saturated rings. The molecule has 0 bridgehead atoms. The van der Waals surface area contributed by atoms with E-state index in [1.807, 2.05) is 25.1 Å². The maximum Gasteiger partial charge on any atom is 0.233 e. The number of hydrogen-bond donors (Lipinski definition) is 2. The number of thiocarbonyl (C=S) groups is 1. The van der Waals surface area contributed by atoms with Gasteiger partial charge in [-0.1, -0.05) is 31.1 Å². The highest BCUT2D eigenvalue weighted by Gasteiger charge is 2.43. The summed E-state index contributed by atoms with van der Waals surface area (Å²) in [6.07, 6.45) is 3.53. The van der Waals surface area contributed by atoms with Crippen molar-refractivity contribution in [1.29, 1.82) is 0 Å². The van der Waals surface area contributed by atoms with Crippen molar-refractivity contribution in [2.75, 3.05) is 0 Å². The highest BCUT2D eigenvalue weighted by Crippen LogP contribution is 2.38. The van der Waals surface area contributed by atoms with Gasteiger partial charge in [-0.3, -0.25) is 9.78 Å². The molecule has 0 atom stereocenters. The van der Waals surface area contributed by atoms with Crippen molar-refractivity contribution in [1.82, 2.24) is 10.3 Å². The van der Waals surface area contributed by atoms with E-state index in [4.69, 9.17) is 18.0 Å². The summed E-state index contributed by atoms with van der Waals surface area (Å²) >= 11 is 5.10. The maximum absolute atomic E-state index is 12.4. The number of pyridine rings is 1. The van der Waals surface area contributed by atoms with Crippen LogP contribution in [0.5, 0.6) is 0 Å². The molecule has 0 saturated heterocycles. The van der Waals surface area contributed by atoms with Gasteiger partial charge < -0.3 is 11.1 Å². The Balaban J connectivity index is 2.02. The van der Waals surface area contributed by atoms with Crippen LogP contribution >= 0.6 is 12.2 Å². The minimum Gasteiger partial charge on any atom is -0.392 e. The lowest BCUT2D eigenvalue weighted by molar-refractivity contribution is -0.127. The van der Waals surface area contributed by atoms with E-state index in [2.05, 4.69) is 10.3 Å². The molecule has 0 spiro atoms. The predicted molar refractivity (Wildman–Crippen MR) is 78.5 cm³/mol. The van der Waals surface area contributed by atoms with Gasteiger partial charge in [-0.15, -0.1) is 0 Å². The van der Waals surface area contributed by atoms with Crippen molar-refractivity contribution < 1.29 is 4.79 Å². The summed E-state index contributed by atoms with van der Waals surface area (Å²) in [7, 11) is 0. The zero-order valence-corrected chi connectivity index (χ0v) is 11.9. The molecule has 0 radical (unpaired) electrons. The number of nitrogens with two attached hydrogens (primary N) is 1. The number of aryl methyl sites for hydroxylation is 1. The fourth-order valence-corrected chi connectivity index (χ4v) is 2.90. The molecule has 2 rings (SSSR count). The van der Waals surface area contributed by atoms with E-state index >= 15 is 0 Å². The first kappa shape index (κ1) is 13.9. The van der Waals surface area contributed by atoms with Crippen LogP contribution in [0, 0.1) is 12.3 Å². The molecule has 0 aliphatic heterocycles. The average molecular weight is 277 g/mol. The lowest BCUT2D eigenvalue weighted by Crippen LogP contribution is -2.47. The first-order chi connectivity index (χ1) is 9.04. The smallest absolute Gasteiger partial charge is 0.233 e. The maximum atomic E-state index is 12.4. The third-order valence-corrected chi connectivity index (χ3v) is 4.13. The van der Waals surface area contributed by atoms with Gasteiger partial charge in [-0.25, -0.2) is 0 Å². The number of carbonyl (C=O) groups excluding carboxylic acids is 1. The molecule has 102 valence electrons. The molecule has 1 amide bonds. The lowest BCUT2D eigenvalue weighted by atomic mass is 9.85. The van der Waals surface area contributed by atoms with Gasteiger partial charge in [-0.2, -0.15) is 0 Å². The number of nitrogens with zero attached hydrogens (tertiary/aromatic N) is 1. The van der Waals surface area contributed by atoms with Gasteiger partial charge >= 0.3 is 0 Å². The van der Waals surface area contributed by atoms with Crippen LogP contribution in [0.25, 0.3) is 0 Å². The van der Waals surface area contributed by atoms with Gasteiger partial charge in [0, 0.05) is 5.69 Å². The van der Waals surface area contributed by atoms with Crippen LogP contribution in [0.4, 0.5) is 0 Å². The summed E-state index contributed by atoms with van der Waals surface area (Å²) in [5.41, 5.74) is 6.93. The predicted octanol–water partition coefficient (Wildman–Crippen LogP) is 1.85. The van der Waals surface area contributed by atoms with Crippen LogP contribution < -0.4 is 11.1 Å². The van der Waals surface area contributed by atoms with Gasteiger partial charge in [0.2, 0.25) is 5.91 Å². The van der Waals surface area contributed by atoms with Crippen LogP contribution in [0.1, 0.15) is 37.1 Å². The van der Waals surface area contributed by atoms with Crippen LogP contribution in [0.15, 0.2) is 18.2 Å². The molecule has 19 heavy (non-hydrogen) atoms. The van der Waals surface area contributed by atoms with Crippen molar-refractivity contribution >= 4 is 23.1 Å². The van der Waals surface area contributed by atoms with Gasteiger partial charge in [0.15, 0.2) is 0 Å². The van der Waals surface area contributed by atoms with Gasteiger partial charge in [-0.05, 0) is 31.9 Å². The summed E-state index contributed by atoms with van der Waals surface area (Å²) in [5, 5.41) is 2.92. The van der Waals surface area contributed by atoms with Crippen molar-refractivity contribution in [2.24, 2.45) is 11.1 Å². The number of amides is 1. The van der Waals surface area contributed by atoms with Crippen LogP contribution in [0.2, 0.25) is 0 Å².